The molecule has 0 saturated heterocycles. The summed E-state index contributed by atoms with van der Waals surface area (Å²) in [7, 11) is 0. The molecule has 0 bridgehead atoms. The Morgan fingerprint density at radius 1 is 1.11 bits per heavy atom. The second-order valence-corrected chi connectivity index (χ2v) is 4.82. The number of benzene rings is 2. The highest BCUT2D eigenvalue weighted by Crippen LogP contribution is 2.25. The Morgan fingerprint density at radius 2 is 1.84 bits per heavy atom. The molecule has 3 heteroatoms. The average molecular weight is 256 g/mol. The Hall–Kier alpha value is -2.16. The van der Waals surface area contributed by atoms with Crippen molar-refractivity contribution in [1.29, 1.82) is 0 Å². The summed E-state index contributed by atoms with van der Waals surface area (Å²) >= 11 is 0. The van der Waals surface area contributed by atoms with Crippen molar-refractivity contribution in [3.63, 3.8) is 0 Å². The van der Waals surface area contributed by atoms with E-state index in [-0.39, 0.29) is 0 Å². The van der Waals surface area contributed by atoms with E-state index in [2.05, 4.69) is 19.2 Å². The Morgan fingerprint density at radius 3 is 2.47 bits per heavy atom. The van der Waals surface area contributed by atoms with Crippen molar-refractivity contribution in [2.75, 3.05) is 11.1 Å². The predicted octanol–water partition coefficient (Wildman–Crippen LogP) is 3.67. The van der Waals surface area contributed by atoms with E-state index in [4.69, 9.17) is 10.5 Å². The third-order valence-electron chi connectivity index (χ3n) is 2.72. The maximum atomic E-state index is 6.00. The molecule has 2 rings (SSSR count). The molecule has 0 fully saturated rings. The van der Waals surface area contributed by atoms with Crippen LogP contribution in [-0.4, -0.2) is 6.04 Å². The Kier molecular flexibility index (Phi) is 4.29. The third kappa shape index (κ3) is 3.91. The van der Waals surface area contributed by atoms with E-state index in [1.54, 1.807) is 0 Å². The van der Waals surface area contributed by atoms with Gasteiger partial charge in [0.2, 0.25) is 0 Å². The van der Waals surface area contributed by atoms with E-state index < -0.39 is 0 Å². The van der Waals surface area contributed by atoms with E-state index >= 15 is 0 Å². The zero-order valence-electron chi connectivity index (χ0n) is 11.4. The fourth-order valence-corrected chi connectivity index (χ4v) is 1.81. The van der Waals surface area contributed by atoms with Crippen molar-refractivity contribution in [2.45, 2.75) is 26.5 Å². The van der Waals surface area contributed by atoms with Crippen molar-refractivity contribution in [3.05, 3.63) is 54.1 Å². The first-order chi connectivity index (χ1) is 9.15. The van der Waals surface area contributed by atoms with E-state index in [1.807, 2.05) is 48.5 Å². The molecular formula is C16H20N2O. The van der Waals surface area contributed by atoms with Crippen molar-refractivity contribution in [2.24, 2.45) is 0 Å². The van der Waals surface area contributed by atoms with Crippen LogP contribution in [-0.2, 0) is 6.61 Å². The van der Waals surface area contributed by atoms with Gasteiger partial charge >= 0.3 is 0 Å². The molecule has 2 aromatic carbocycles. The molecule has 0 atom stereocenters. The van der Waals surface area contributed by atoms with Crippen LogP contribution in [0.25, 0.3) is 0 Å². The van der Waals surface area contributed by atoms with Gasteiger partial charge in [-0.05, 0) is 31.5 Å². The predicted molar refractivity (Wildman–Crippen MR) is 80.4 cm³/mol. The summed E-state index contributed by atoms with van der Waals surface area (Å²) in [6.07, 6.45) is 0. The van der Waals surface area contributed by atoms with Gasteiger partial charge in [-0.2, -0.15) is 0 Å². The molecular weight excluding hydrogens is 236 g/mol. The van der Waals surface area contributed by atoms with E-state index in [0.29, 0.717) is 18.3 Å². The lowest BCUT2D eigenvalue weighted by molar-refractivity contribution is 0.306. The van der Waals surface area contributed by atoms with Gasteiger partial charge in [-0.1, -0.05) is 30.3 Å². The number of ether oxygens (including phenoxy) is 1. The summed E-state index contributed by atoms with van der Waals surface area (Å²) in [5, 5.41) is 3.29. The van der Waals surface area contributed by atoms with E-state index in [1.165, 1.54) is 0 Å². The summed E-state index contributed by atoms with van der Waals surface area (Å²) < 4.78 is 5.73. The number of nitrogens with one attached hydrogen (secondary N) is 1. The molecule has 3 nitrogen and oxygen atoms in total. The average Bonchev–Trinajstić information content (AvgIpc) is 2.40. The summed E-state index contributed by atoms with van der Waals surface area (Å²) in [4.78, 5) is 0. The highest BCUT2D eigenvalue weighted by molar-refractivity contribution is 5.68. The van der Waals surface area contributed by atoms with Gasteiger partial charge in [0.1, 0.15) is 12.4 Å². The van der Waals surface area contributed by atoms with Crippen molar-refractivity contribution in [3.8, 4) is 5.75 Å². The number of nitrogens with two attached hydrogens (primary N) is 1. The molecule has 0 heterocycles. The fourth-order valence-electron chi connectivity index (χ4n) is 1.81. The summed E-state index contributed by atoms with van der Waals surface area (Å²) in [5.74, 6) is 0.788. The Balaban J connectivity index is 2.00. The second kappa shape index (κ2) is 6.14. The van der Waals surface area contributed by atoms with Crippen LogP contribution in [0.4, 0.5) is 11.4 Å². The van der Waals surface area contributed by atoms with Gasteiger partial charge in [-0.3, -0.25) is 0 Å². The molecule has 0 aromatic heterocycles. The van der Waals surface area contributed by atoms with Crippen LogP contribution >= 0.6 is 0 Å². The molecule has 0 radical (unpaired) electrons. The topological polar surface area (TPSA) is 47.3 Å². The SMILES string of the molecule is CC(C)Nc1ccc(OCc2ccccc2)cc1N. The number of rotatable bonds is 5. The lowest BCUT2D eigenvalue weighted by atomic mass is 10.2. The minimum Gasteiger partial charge on any atom is -0.489 e. The Bertz CT molecular complexity index is 524. The highest BCUT2D eigenvalue weighted by atomic mass is 16.5. The van der Waals surface area contributed by atoms with Crippen LogP contribution in [0.1, 0.15) is 19.4 Å². The number of nitrogen functional groups attached to an aromatic ring is 1. The van der Waals surface area contributed by atoms with Gasteiger partial charge in [-0.15, -0.1) is 0 Å². The maximum absolute atomic E-state index is 6.00. The largest absolute Gasteiger partial charge is 0.489 e. The van der Waals surface area contributed by atoms with Crippen molar-refractivity contribution >= 4 is 11.4 Å². The zero-order valence-corrected chi connectivity index (χ0v) is 11.4. The van der Waals surface area contributed by atoms with Crippen LogP contribution in [0.3, 0.4) is 0 Å². The molecule has 0 unspecified atom stereocenters. The van der Waals surface area contributed by atoms with Gasteiger partial charge < -0.3 is 15.8 Å². The quantitative estimate of drug-likeness (QED) is 0.802. The van der Waals surface area contributed by atoms with E-state index in [9.17, 15) is 0 Å². The van der Waals surface area contributed by atoms with Gasteiger partial charge in [0, 0.05) is 12.1 Å². The van der Waals surface area contributed by atoms with Crippen LogP contribution in [0.5, 0.6) is 5.75 Å². The number of hydrogen-bond donors (Lipinski definition) is 2. The normalized spacial score (nSPS) is 10.5. The molecule has 0 spiro atoms. The number of anilines is 2. The lowest BCUT2D eigenvalue weighted by Crippen LogP contribution is -2.11. The zero-order chi connectivity index (χ0) is 13.7. The van der Waals surface area contributed by atoms with Crippen LogP contribution in [0.2, 0.25) is 0 Å². The van der Waals surface area contributed by atoms with Crippen LogP contribution < -0.4 is 15.8 Å². The maximum Gasteiger partial charge on any atom is 0.122 e. The van der Waals surface area contributed by atoms with E-state index in [0.717, 1.165) is 17.0 Å². The summed E-state index contributed by atoms with van der Waals surface area (Å²) in [6, 6.07) is 16.2. The van der Waals surface area contributed by atoms with Gasteiger partial charge in [0.15, 0.2) is 0 Å². The van der Waals surface area contributed by atoms with Crippen molar-refractivity contribution < 1.29 is 4.74 Å². The lowest BCUT2D eigenvalue weighted by Gasteiger charge is -2.14. The van der Waals surface area contributed by atoms with Gasteiger partial charge in [0.05, 0.1) is 11.4 Å². The minimum absolute atomic E-state index is 0.360. The number of hydrogen-bond acceptors (Lipinski definition) is 3. The highest BCUT2D eigenvalue weighted by Gasteiger charge is 2.03. The monoisotopic (exact) mass is 256 g/mol. The first-order valence-corrected chi connectivity index (χ1v) is 6.48. The standard InChI is InChI=1S/C16H20N2O/c1-12(2)18-16-9-8-14(10-15(16)17)19-11-13-6-4-3-5-7-13/h3-10,12,18H,11,17H2,1-2H3. The summed E-state index contributed by atoms with van der Waals surface area (Å²) in [6.45, 7) is 4.72. The van der Waals surface area contributed by atoms with Crippen LogP contribution in [0.15, 0.2) is 48.5 Å². The summed E-state index contributed by atoms with van der Waals surface area (Å²) in [5.41, 5.74) is 8.79. The third-order valence-corrected chi connectivity index (χ3v) is 2.72. The molecule has 0 amide bonds. The molecule has 0 aliphatic heterocycles. The minimum atomic E-state index is 0.360. The molecule has 3 N–H and O–H groups in total. The molecule has 19 heavy (non-hydrogen) atoms. The first kappa shape index (κ1) is 13.3. The molecule has 2 aromatic rings. The first-order valence-electron chi connectivity index (χ1n) is 6.48. The molecule has 0 aliphatic carbocycles. The molecule has 100 valence electrons. The fraction of sp³-hybridized carbons (Fsp3) is 0.250. The smallest absolute Gasteiger partial charge is 0.122 e. The molecule has 0 saturated carbocycles. The van der Waals surface area contributed by atoms with Gasteiger partial charge in [0.25, 0.3) is 0 Å². The Labute approximate surface area is 114 Å². The van der Waals surface area contributed by atoms with Crippen molar-refractivity contribution in [1.82, 2.24) is 0 Å². The van der Waals surface area contributed by atoms with Crippen LogP contribution in [0, 0.1) is 0 Å². The van der Waals surface area contributed by atoms with Gasteiger partial charge in [-0.25, -0.2) is 0 Å². The molecule has 0 aliphatic rings. The second-order valence-electron chi connectivity index (χ2n) is 4.82.